The third-order valence-electron chi connectivity index (χ3n) is 0.826. The summed E-state index contributed by atoms with van der Waals surface area (Å²) in [6.45, 7) is 6.36. The first-order valence-corrected chi connectivity index (χ1v) is 3.01. The van der Waals surface area contributed by atoms with Crippen LogP contribution in [0, 0.1) is 10.6 Å². The van der Waals surface area contributed by atoms with Crippen molar-refractivity contribution in [2.45, 2.75) is 20.8 Å². The molecule has 0 spiro atoms. The summed E-state index contributed by atoms with van der Waals surface area (Å²) in [5.74, 6) is 0. The maximum atomic E-state index is 10.2. The maximum Gasteiger partial charge on any atom is 1.00 e. The van der Waals surface area contributed by atoms with Gasteiger partial charge in [0.15, 0.2) is 0 Å². The average Bonchev–Trinajstić information content (AvgIpc) is 1.81. The van der Waals surface area contributed by atoms with Crippen molar-refractivity contribution in [3.8, 4) is 0 Å². The second kappa shape index (κ2) is 5.62. The first-order valence-electron chi connectivity index (χ1n) is 3.01. The molecule has 0 unspecified atom stereocenters. The molecule has 0 aliphatic heterocycles. The molecule has 2 N–H and O–H groups in total. The van der Waals surface area contributed by atoms with E-state index >= 15 is 0 Å². The maximum absolute atomic E-state index is 10.2. The fourth-order valence-corrected chi connectivity index (χ4v) is 0.336. The summed E-state index contributed by atoms with van der Waals surface area (Å²) in [6, 6.07) is 0. The van der Waals surface area contributed by atoms with E-state index in [0.29, 0.717) is 6.54 Å². The molecule has 0 atom stereocenters. The molecule has 5 nitrogen and oxygen atoms in total. The van der Waals surface area contributed by atoms with E-state index in [-0.39, 0.29) is 41.4 Å². The van der Waals surface area contributed by atoms with Crippen LogP contribution >= 0.6 is 0 Å². The quantitative estimate of drug-likeness (QED) is 0.218. The van der Waals surface area contributed by atoms with Crippen LogP contribution < -0.4 is 35.0 Å². The van der Waals surface area contributed by atoms with Crippen LogP contribution in [0.5, 0.6) is 0 Å². The molecule has 0 amide bonds. The van der Waals surface area contributed by atoms with E-state index in [4.69, 9.17) is 5.21 Å². The van der Waals surface area contributed by atoms with Gasteiger partial charge in [-0.2, -0.15) is 5.43 Å². The van der Waals surface area contributed by atoms with Crippen molar-refractivity contribution in [1.82, 2.24) is 5.43 Å². The Morgan fingerprint density at radius 3 is 2.36 bits per heavy atom. The van der Waals surface area contributed by atoms with Crippen molar-refractivity contribution in [2.24, 2.45) is 10.7 Å². The van der Waals surface area contributed by atoms with Crippen LogP contribution in [-0.4, -0.2) is 16.7 Å². The van der Waals surface area contributed by atoms with Crippen molar-refractivity contribution in [2.75, 3.05) is 6.54 Å². The molecule has 0 saturated heterocycles. The molecule has 0 aliphatic rings. The van der Waals surface area contributed by atoms with Gasteiger partial charge in [-0.3, -0.25) is 0 Å². The largest absolute Gasteiger partial charge is 1.00 e. The summed E-state index contributed by atoms with van der Waals surface area (Å²) < 4.78 is 0. The molecule has 0 heterocycles. The Labute approximate surface area is 89.8 Å². The first-order chi connectivity index (χ1) is 4.45. The number of hydrogen-bond acceptors (Lipinski definition) is 2. The molecule has 0 aromatic rings. The summed E-state index contributed by atoms with van der Waals surface area (Å²) in [4.78, 5) is 0.0330. The Hall–Kier alpha value is 0. The van der Waals surface area contributed by atoms with Gasteiger partial charge < -0.3 is 11.8 Å². The van der Waals surface area contributed by atoms with Crippen LogP contribution in [0.15, 0.2) is 5.28 Å². The Morgan fingerprint density at radius 2 is 2.09 bits per heavy atom. The van der Waals surface area contributed by atoms with E-state index in [1.807, 2.05) is 20.8 Å². The summed E-state index contributed by atoms with van der Waals surface area (Å²) in [5, 5.41) is 20.5. The second-order valence-corrected chi connectivity index (χ2v) is 3.26. The fraction of sp³-hybridized carbons (Fsp3) is 1.00. The summed E-state index contributed by atoms with van der Waals surface area (Å²) in [7, 11) is 0. The van der Waals surface area contributed by atoms with Crippen molar-refractivity contribution in [3.63, 3.8) is 0 Å². The number of hydrazine groups is 1. The molecule has 0 aromatic carbocycles. The van der Waals surface area contributed by atoms with Crippen LogP contribution in [0.4, 0.5) is 0 Å². The third-order valence-corrected chi connectivity index (χ3v) is 0.826. The zero-order chi connectivity index (χ0) is 8.20. The van der Waals surface area contributed by atoms with Crippen LogP contribution in [0.3, 0.4) is 0 Å². The van der Waals surface area contributed by atoms with E-state index in [1.54, 1.807) is 0 Å². The monoisotopic (exact) mass is 171 g/mol. The van der Waals surface area contributed by atoms with Gasteiger partial charge in [0.1, 0.15) is 0 Å². The molecule has 0 saturated carbocycles. The average molecular weight is 171 g/mol. The standard InChI is InChI=1S/C5H13N3O2.Na.H/c1-5(2,3)4-6-8(10)7-9;;/h9H,4H2,1-3H3,(H,6,7);;/q;+1;-1. The van der Waals surface area contributed by atoms with Crippen LogP contribution in [0.2, 0.25) is 0 Å². The van der Waals surface area contributed by atoms with Crippen molar-refractivity contribution < 1.29 is 41.2 Å². The Morgan fingerprint density at radius 1 is 1.64 bits per heavy atom. The number of rotatable bonds is 2. The minimum Gasteiger partial charge on any atom is -1.00 e. The molecule has 0 bridgehead atoms. The fourth-order valence-electron chi connectivity index (χ4n) is 0.336. The normalized spacial score (nSPS) is 12.1. The van der Waals surface area contributed by atoms with Crippen molar-refractivity contribution >= 4 is 0 Å². The first kappa shape index (κ1) is 13.6. The summed E-state index contributed by atoms with van der Waals surface area (Å²) >= 11 is 0. The smallest absolute Gasteiger partial charge is 1.00 e. The van der Waals surface area contributed by atoms with E-state index in [1.165, 1.54) is 0 Å². The Bertz CT molecular complexity index is 137. The minimum absolute atomic E-state index is 0. The van der Waals surface area contributed by atoms with Crippen LogP contribution in [0.25, 0.3) is 0 Å². The second-order valence-electron chi connectivity index (χ2n) is 3.26. The van der Waals surface area contributed by atoms with Gasteiger partial charge in [0.2, 0.25) is 5.28 Å². The van der Waals surface area contributed by atoms with E-state index in [0.717, 1.165) is 0 Å². The predicted molar refractivity (Wildman–Crippen MR) is 36.4 cm³/mol. The SMILES string of the molecule is CC(C)(C)CN[N+]([O-])=NO.[H-].[Na+]. The molecule has 6 heteroatoms. The number of nitrogens with one attached hydrogen (secondary N) is 1. The Kier molecular flexibility index (Phi) is 6.94. The van der Waals surface area contributed by atoms with Crippen molar-refractivity contribution in [3.05, 3.63) is 5.21 Å². The van der Waals surface area contributed by atoms with Crippen LogP contribution in [0.1, 0.15) is 22.2 Å². The number of nitrogens with zero attached hydrogens (tertiary/aromatic N) is 2. The number of hydrogen-bond donors (Lipinski definition) is 2. The van der Waals surface area contributed by atoms with Gasteiger partial charge in [0.25, 0.3) is 0 Å². The molecule has 0 rings (SSSR count). The van der Waals surface area contributed by atoms with Gasteiger partial charge in [0, 0.05) is 0 Å². The molecule has 0 radical (unpaired) electrons. The molecule has 11 heavy (non-hydrogen) atoms. The summed E-state index contributed by atoms with van der Waals surface area (Å²) in [6.07, 6.45) is 0. The molecule has 0 aromatic heterocycles. The zero-order valence-corrected chi connectivity index (χ0v) is 9.46. The van der Waals surface area contributed by atoms with Gasteiger partial charge in [-0.25, -0.2) is 0 Å². The van der Waals surface area contributed by atoms with Gasteiger partial charge in [-0.05, 0) is 5.41 Å². The van der Waals surface area contributed by atoms with E-state index in [2.05, 4.69) is 10.7 Å². The molecular weight excluding hydrogens is 157 g/mol. The molecule has 62 valence electrons. The van der Waals surface area contributed by atoms with Gasteiger partial charge >= 0.3 is 29.6 Å². The summed E-state index contributed by atoms with van der Waals surface area (Å²) in [5.41, 5.74) is 2.34. The zero-order valence-electron chi connectivity index (χ0n) is 8.46. The predicted octanol–water partition coefficient (Wildman–Crippen LogP) is -1.99. The van der Waals surface area contributed by atoms with Crippen LogP contribution in [-0.2, 0) is 0 Å². The van der Waals surface area contributed by atoms with Gasteiger partial charge in [-0.15, -0.1) is 0 Å². The van der Waals surface area contributed by atoms with Gasteiger partial charge in [-0.1, -0.05) is 20.8 Å². The van der Waals surface area contributed by atoms with Gasteiger partial charge in [0.05, 0.1) is 11.5 Å². The molecule has 0 aliphatic carbocycles. The topological polar surface area (TPSA) is 70.7 Å². The van der Waals surface area contributed by atoms with E-state index in [9.17, 15) is 5.21 Å². The minimum atomic E-state index is 0. The van der Waals surface area contributed by atoms with Crippen molar-refractivity contribution in [1.29, 1.82) is 0 Å². The van der Waals surface area contributed by atoms with E-state index < -0.39 is 0 Å². The third kappa shape index (κ3) is 10.0. The Balaban J connectivity index is -0.000000405. The molecular formula is C5H14N3NaO2. The molecule has 0 fully saturated rings.